The molecule has 0 aliphatic carbocycles. The Balaban J connectivity index is 1.96. The first-order chi connectivity index (χ1) is 13.0. The van der Waals surface area contributed by atoms with Gasteiger partial charge in [0.15, 0.2) is 0 Å². The normalized spacial score (nSPS) is 11.3. The van der Waals surface area contributed by atoms with E-state index in [-0.39, 0.29) is 25.1 Å². The maximum atomic E-state index is 12.0. The van der Waals surface area contributed by atoms with Crippen LogP contribution in [0.2, 0.25) is 0 Å². The second kappa shape index (κ2) is 9.91. The zero-order valence-corrected chi connectivity index (χ0v) is 14.8. The van der Waals surface area contributed by atoms with E-state index in [0.717, 1.165) is 5.56 Å². The summed E-state index contributed by atoms with van der Waals surface area (Å²) in [6.45, 7) is 0.0602. The number of amides is 1. The van der Waals surface area contributed by atoms with Crippen LogP contribution >= 0.6 is 0 Å². The molecule has 0 aromatic heterocycles. The van der Waals surface area contributed by atoms with Crippen molar-refractivity contribution in [2.24, 2.45) is 0 Å². The van der Waals surface area contributed by atoms with Crippen LogP contribution in [0.3, 0.4) is 0 Å². The third kappa shape index (κ3) is 6.10. The van der Waals surface area contributed by atoms with E-state index in [1.54, 1.807) is 30.3 Å². The van der Waals surface area contributed by atoms with Gasteiger partial charge in [-0.3, -0.25) is 10.1 Å². The van der Waals surface area contributed by atoms with Crippen molar-refractivity contribution < 1.29 is 24.0 Å². The Morgan fingerprint density at radius 2 is 1.78 bits per heavy atom. The molecule has 2 aromatic rings. The number of nitrogens with one attached hydrogen (secondary N) is 1. The van der Waals surface area contributed by atoms with E-state index < -0.39 is 23.0 Å². The predicted octanol–water partition coefficient (Wildman–Crippen LogP) is 3.00. The van der Waals surface area contributed by atoms with Crippen LogP contribution in [0, 0.1) is 10.1 Å². The number of hydrogen-bond acceptors (Lipinski definition) is 6. The second-order valence-corrected chi connectivity index (χ2v) is 5.71. The molecule has 0 spiro atoms. The number of benzene rings is 2. The third-order valence-corrected chi connectivity index (χ3v) is 3.88. The van der Waals surface area contributed by atoms with Crippen LogP contribution in [0.5, 0.6) is 0 Å². The van der Waals surface area contributed by atoms with Crippen molar-refractivity contribution in [2.75, 3.05) is 7.11 Å². The highest BCUT2D eigenvalue weighted by Crippen LogP contribution is 2.20. The molecule has 0 radical (unpaired) electrons. The summed E-state index contributed by atoms with van der Waals surface area (Å²) in [7, 11) is 1.21. The molecule has 1 atom stereocenters. The summed E-state index contributed by atoms with van der Waals surface area (Å²) in [5.41, 5.74) is 1.24. The fourth-order valence-electron chi connectivity index (χ4n) is 2.50. The fraction of sp³-hybridized carbons (Fsp3) is 0.263. The van der Waals surface area contributed by atoms with Gasteiger partial charge in [-0.2, -0.15) is 0 Å². The Morgan fingerprint density at radius 1 is 1.11 bits per heavy atom. The van der Waals surface area contributed by atoms with Crippen molar-refractivity contribution in [3.63, 3.8) is 0 Å². The van der Waals surface area contributed by atoms with Crippen LogP contribution < -0.4 is 5.32 Å². The first-order valence-corrected chi connectivity index (χ1v) is 8.28. The molecule has 1 N–H and O–H groups in total. The van der Waals surface area contributed by atoms with Crippen molar-refractivity contribution in [1.82, 2.24) is 5.32 Å². The van der Waals surface area contributed by atoms with Gasteiger partial charge in [0.2, 0.25) is 0 Å². The van der Waals surface area contributed by atoms with Gasteiger partial charge in [-0.25, -0.2) is 9.59 Å². The molecule has 0 aliphatic heterocycles. The number of methoxy groups -OCH3 is 1. The van der Waals surface area contributed by atoms with Crippen molar-refractivity contribution >= 4 is 17.7 Å². The van der Waals surface area contributed by atoms with Gasteiger partial charge in [-0.1, -0.05) is 48.5 Å². The first kappa shape index (κ1) is 19.9. The Kier molecular flexibility index (Phi) is 7.30. The van der Waals surface area contributed by atoms with Crippen molar-refractivity contribution in [2.45, 2.75) is 25.5 Å². The molecule has 8 nitrogen and oxygen atoms in total. The lowest BCUT2D eigenvalue weighted by molar-refractivity contribution is -0.385. The van der Waals surface area contributed by atoms with Gasteiger partial charge in [0.1, 0.15) is 12.6 Å². The summed E-state index contributed by atoms with van der Waals surface area (Å²) in [5.74, 6) is -0.648. The molecule has 1 amide bonds. The van der Waals surface area contributed by atoms with E-state index in [4.69, 9.17) is 9.47 Å². The average Bonchev–Trinajstić information content (AvgIpc) is 2.69. The molecule has 142 valence electrons. The maximum absolute atomic E-state index is 12.0. The van der Waals surface area contributed by atoms with E-state index in [0.29, 0.717) is 5.56 Å². The lowest BCUT2D eigenvalue weighted by Crippen LogP contribution is -2.42. The van der Waals surface area contributed by atoms with Gasteiger partial charge in [0.25, 0.3) is 5.69 Å². The summed E-state index contributed by atoms with van der Waals surface area (Å²) in [5, 5.41) is 13.5. The summed E-state index contributed by atoms with van der Waals surface area (Å²) in [6, 6.07) is 14.4. The van der Waals surface area contributed by atoms with Crippen molar-refractivity contribution in [3.05, 3.63) is 75.8 Å². The molecule has 2 rings (SSSR count). The molecule has 0 bridgehead atoms. The number of rotatable bonds is 8. The van der Waals surface area contributed by atoms with E-state index in [9.17, 15) is 19.7 Å². The number of carbonyl (C=O) groups is 2. The van der Waals surface area contributed by atoms with E-state index in [2.05, 4.69) is 5.32 Å². The summed E-state index contributed by atoms with van der Waals surface area (Å²) in [6.07, 6.45) is -0.412. The molecular formula is C19H20N2O6. The molecule has 8 heteroatoms. The molecule has 0 saturated heterocycles. The van der Waals surface area contributed by atoms with E-state index >= 15 is 0 Å². The lowest BCUT2D eigenvalue weighted by atomic mass is 10.0. The average molecular weight is 372 g/mol. The third-order valence-electron chi connectivity index (χ3n) is 3.88. The monoisotopic (exact) mass is 372 g/mol. The Hall–Kier alpha value is -3.42. The van der Waals surface area contributed by atoms with Gasteiger partial charge >= 0.3 is 12.1 Å². The minimum absolute atomic E-state index is 0.0345. The summed E-state index contributed by atoms with van der Waals surface area (Å²) in [4.78, 5) is 34.5. The van der Waals surface area contributed by atoms with Crippen LogP contribution in [0.1, 0.15) is 17.5 Å². The standard InChI is InChI=1S/C19H20N2O6/c1-26-18(22)16(12-11-15-9-5-6-10-17(15)21(24)25)20-19(23)27-13-14-7-3-2-4-8-14/h2-10,16H,11-13H2,1H3,(H,20,23)/t16-/m1/s1. The zero-order valence-electron chi connectivity index (χ0n) is 14.8. The zero-order chi connectivity index (χ0) is 19.6. The minimum atomic E-state index is -0.974. The SMILES string of the molecule is COC(=O)[C@@H](CCc1ccccc1[N+](=O)[O-])NC(=O)OCc1ccccc1. The molecular weight excluding hydrogens is 352 g/mol. The predicted molar refractivity (Wildman–Crippen MR) is 97.0 cm³/mol. The van der Waals surface area contributed by atoms with Gasteiger partial charge in [-0.05, 0) is 18.4 Å². The fourth-order valence-corrected chi connectivity index (χ4v) is 2.50. The van der Waals surface area contributed by atoms with Gasteiger partial charge in [0, 0.05) is 11.6 Å². The summed E-state index contributed by atoms with van der Waals surface area (Å²) >= 11 is 0. The highest BCUT2D eigenvalue weighted by molar-refractivity contribution is 5.81. The largest absolute Gasteiger partial charge is 0.467 e. The molecule has 27 heavy (non-hydrogen) atoms. The molecule has 2 aromatic carbocycles. The minimum Gasteiger partial charge on any atom is -0.467 e. The number of alkyl carbamates (subject to hydrolysis) is 1. The number of nitro benzene ring substituents is 1. The van der Waals surface area contributed by atoms with Crippen LogP contribution in [-0.4, -0.2) is 30.1 Å². The van der Waals surface area contributed by atoms with E-state index in [1.165, 1.54) is 13.2 Å². The topological polar surface area (TPSA) is 108 Å². The number of hydrogen-bond donors (Lipinski definition) is 1. The van der Waals surface area contributed by atoms with Crippen LogP contribution in [-0.2, 0) is 27.3 Å². The van der Waals surface area contributed by atoms with Gasteiger partial charge < -0.3 is 14.8 Å². The number of esters is 1. The highest BCUT2D eigenvalue weighted by atomic mass is 16.6. The van der Waals surface area contributed by atoms with Crippen molar-refractivity contribution in [1.29, 1.82) is 0 Å². The number of ether oxygens (including phenoxy) is 2. The van der Waals surface area contributed by atoms with Crippen LogP contribution in [0.4, 0.5) is 10.5 Å². The van der Waals surface area contributed by atoms with Crippen molar-refractivity contribution in [3.8, 4) is 0 Å². The Morgan fingerprint density at radius 3 is 2.44 bits per heavy atom. The smallest absolute Gasteiger partial charge is 0.408 e. The second-order valence-electron chi connectivity index (χ2n) is 5.71. The Bertz CT molecular complexity index is 794. The number of aryl methyl sites for hydroxylation is 1. The molecule has 0 aliphatic rings. The number of nitrogens with zero attached hydrogens (tertiary/aromatic N) is 1. The van der Waals surface area contributed by atoms with Gasteiger partial charge in [0.05, 0.1) is 12.0 Å². The molecule has 0 heterocycles. The first-order valence-electron chi connectivity index (χ1n) is 8.28. The number of para-hydroxylation sites is 1. The number of carbonyl (C=O) groups excluding carboxylic acids is 2. The quantitative estimate of drug-likeness (QED) is 0.433. The highest BCUT2D eigenvalue weighted by Gasteiger charge is 2.23. The van der Waals surface area contributed by atoms with E-state index in [1.807, 2.05) is 18.2 Å². The van der Waals surface area contributed by atoms with Gasteiger partial charge in [-0.15, -0.1) is 0 Å². The number of nitro groups is 1. The molecule has 0 unspecified atom stereocenters. The van der Waals surface area contributed by atoms with Crippen LogP contribution in [0.25, 0.3) is 0 Å². The lowest BCUT2D eigenvalue weighted by Gasteiger charge is -2.16. The molecule has 0 fully saturated rings. The maximum Gasteiger partial charge on any atom is 0.408 e. The molecule has 0 saturated carbocycles. The summed E-state index contributed by atoms with van der Waals surface area (Å²) < 4.78 is 9.80. The van der Waals surface area contributed by atoms with Crippen LogP contribution in [0.15, 0.2) is 54.6 Å². The Labute approximate surface area is 156 Å².